The van der Waals surface area contributed by atoms with Crippen molar-refractivity contribution in [1.29, 1.82) is 0 Å². The molecule has 0 fully saturated rings. The molecule has 0 bridgehead atoms. The van der Waals surface area contributed by atoms with E-state index in [9.17, 15) is 74.6 Å². The van der Waals surface area contributed by atoms with E-state index in [1.54, 1.807) is 0 Å². The highest BCUT2D eigenvalue weighted by Crippen LogP contribution is 2.65. The molecule has 0 nitrogen and oxygen atoms in total. The Morgan fingerprint density at radius 3 is 1.00 bits per heavy atom. The third-order valence-electron chi connectivity index (χ3n) is 4.48. The van der Waals surface area contributed by atoms with Crippen molar-refractivity contribution in [1.82, 2.24) is 0 Å². The molecular formula is C14H12F17I. The fourth-order valence-corrected chi connectivity index (χ4v) is 3.39. The van der Waals surface area contributed by atoms with E-state index in [1.165, 1.54) is 0 Å². The van der Waals surface area contributed by atoms with Gasteiger partial charge in [0.2, 0.25) is 0 Å². The highest BCUT2D eigenvalue weighted by atomic mass is 127. The van der Waals surface area contributed by atoms with Crippen LogP contribution in [-0.4, -0.2) is 51.6 Å². The Hall–Kier alpha value is -0.460. The molecule has 0 saturated carbocycles. The lowest BCUT2D eigenvalue weighted by Gasteiger charge is -2.44. The lowest BCUT2D eigenvalue weighted by atomic mass is 9.82. The molecule has 2 atom stereocenters. The molecule has 0 radical (unpaired) electrons. The topological polar surface area (TPSA) is 0 Å². The normalized spacial score (nSPS) is 18.0. The molecule has 0 heterocycles. The maximum atomic E-state index is 14.1. The van der Waals surface area contributed by atoms with Crippen LogP contribution in [0.2, 0.25) is 0 Å². The molecule has 18 heteroatoms. The van der Waals surface area contributed by atoms with Crippen LogP contribution >= 0.6 is 22.6 Å². The second-order valence-corrected chi connectivity index (χ2v) is 8.11. The van der Waals surface area contributed by atoms with Crippen LogP contribution in [0.5, 0.6) is 0 Å². The maximum Gasteiger partial charge on any atom is 0.460 e. The number of hydrogen-bond donors (Lipinski definition) is 0. The summed E-state index contributed by atoms with van der Waals surface area (Å²) >= 11 is 0.992. The molecule has 0 aliphatic rings. The molecule has 0 N–H and O–H groups in total. The zero-order valence-electron chi connectivity index (χ0n) is 15.4. The molecule has 0 aromatic rings. The van der Waals surface area contributed by atoms with Crippen LogP contribution in [0.15, 0.2) is 0 Å². The molecule has 32 heavy (non-hydrogen) atoms. The summed E-state index contributed by atoms with van der Waals surface area (Å²) in [6.07, 6.45) is -9.40. The van der Waals surface area contributed by atoms with Gasteiger partial charge in [-0.25, -0.2) is 0 Å². The number of rotatable bonds is 10. The highest BCUT2D eigenvalue weighted by Gasteiger charge is 2.95. The van der Waals surface area contributed by atoms with Crippen molar-refractivity contribution in [3.63, 3.8) is 0 Å². The Labute approximate surface area is 182 Å². The Kier molecular flexibility index (Phi) is 8.52. The second kappa shape index (κ2) is 8.64. The van der Waals surface area contributed by atoms with Crippen molar-refractivity contribution in [3.05, 3.63) is 0 Å². The Balaban J connectivity index is 6.84. The van der Waals surface area contributed by atoms with Gasteiger partial charge in [-0.3, -0.25) is 0 Å². The van der Waals surface area contributed by atoms with Crippen LogP contribution in [0, 0.1) is 5.92 Å². The predicted octanol–water partition coefficient (Wildman–Crippen LogP) is 8.24. The molecule has 0 saturated heterocycles. The standard InChI is InChI=1S/C14H12F17I/c1-3-5(6(32)4-2)7(15,16)8(17,18)9(19,20)10(21,22)11(23,24)12(25,26)13(27,28)14(29,30)31/h5-6H,3-4H2,1-2H3. The minimum Gasteiger partial charge on any atom is -0.199 e. The largest absolute Gasteiger partial charge is 0.460 e. The molecule has 0 rings (SSSR count). The summed E-state index contributed by atoms with van der Waals surface area (Å²) in [6.45, 7) is 1.70. The maximum absolute atomic E-state index is 14.1. The van der Waals surface area contributed by atoms with Gasteiger partial charge < -0.3 is 0 Å². The summed E-state index contributed by atoms with van der Waals surface area (Å²) in [6, 6.07) is 0. The van der Waals surface area contributed by atoms with Crippen molar-refractivity contribution < 1.29 is 74.6 Å². The summed E-state index contributed by atoms with van der Waals surface area (Å²) < 4.78 is 223. The minimum atomic E-state index is -8.59. The van der Waals surface area contributed by atoms with E-state index >= 15 is 0 Å². The van der Waals surface area contributed by atoms with Crippen molar-refractivity contribution in [2.45, 2.75) is 78.2 Å². The quantitative estimate of drug-likeness (QED) is 0.130. The SMILES string of the molecule is CCC(I)C(CC)C(F)(F)C(F)(F)C(F)(F)C(F)(F)C(F)(F)C(F)(F)C(F)(F)C(F)(F)F. The van der Waals surface area contributed by atoms with Crippen LogP contribution in [0.1, 0.15) is 26.7 Å². The molecule has 0 amide bonds. The number of hydrogen-bond acceptors (Lipinski definition) is 0. The first-order valence-electron chi connectivity index (χ1n) is 8.03. The first kappa shape index (κ1) is 31.5. The molecule has 0 aliphatic heterocycles. The van der Waals surface area contributed by atoms with E-state index in [0.29, 0.717) is 6.92 Å². The lowest BCUT2D eigenvalue weighted by Crippen LogP contribution is -2.75. The summed E-state index contributed by atoms with van der Waals surface area (Å²) in [5, 5.41) is 0. The van der Waals surface area contributed by atoms with E-state index in [0.717, 1.165) is 29.5 Å². The van der Waals surface area contributed by atoms with Crippen LogP contribution in [0.3, 0.4) is 0 Å². The van der Waals surface area contributed by atoms with Crippen molar-refractivity contribution >= 4 is 22.6 Å². The molecule has 0 aromatic carbocycles. The second-order valence-electron chi connectivity index (χ2n) is 6.51. The zero-order valence-corrected chi connectivity index (χ0v) is 17.5. The third-order valence-corrected chi connectivity index (χ3v) is 6.23. The Morgan fingerprint density at radius 1 is 0.469 bits per heavy atom. The molecule has 0 aromatic heterocycles. The molecule has 2 unspecified atom stereocenters. The smallest absolute Gasteiger partial charge is 0.199 e. The van der Waals surface area contributed by atoms with Gasteiger partial charge in [-0.15, -0.1) is 0 Å². The van der Waals surface area contributed by atoms with E-state index in [4.69, 9.17) is 0 Å². The van der Waals surface area contributed by atoms with Gasteiger partial charge in [-0.1, -0.05) is 36.4 Å². The first-order valence-corrected chi connectivity index (χ1v) is 9.28. The summed E-state index contributed by atoms with van der Waals surface area (Å²) in [5.74, 6) is -58.8. The fourth-order valence-electron chi connectivity index (χ4n) is 2.43. The van der Waals surface area contributed by atoms with Crippen LogP contribution in [0.4, 0.5) is 74.6 Å². The average molecular weight is 630 g/mol. The molecule has 0 aliphatic carbocycles. The van der Waals surface area contributed by atoms with E-state index in [2.05, 4.69) is 0 Å². The molecular weight excluding hydrogens is 618 g/mol. The zero-order chi connectivity index (χ0) is 26.6. The van der Waals surface area contributed by atoms with Gasteiger partial charge in [0.1, 0.15) is 0 Å². The summed E-state index contributed by atoms with van der Waals surface area (Å²) in [7, 11) is 0. The minimum absolute atomic E-state index is 0.487. The lowest BCUT2D eigenvalue weighted by molar-refractivity contribution is -0.463. The van der Waals surface area contributed by atoms with Crippen LogP contribution in [0.25, 0.3) is 0 Å². The average Bonchev–Trinajstić information content (AvgIpc) is 2.59. The summed E-state index contributed by atoms with van der Waals surface area (Å²) in [4.78, 5) is 0. The number of halogens is 18. The van der Waals surface area contributed by atoms with Crippen LogP contribution < -0.4 is 0 Å². The monoisotopic (exact) mass is 630 g/mol. The van der Waals surface area contributed by atoms with E-state index < -0.39 is 70.3 Å². The van der Waals surface area contributed by atoms with Crippen LogP contribution in [-0.2, 0) is 0 Å². The number of alkyl halides is 18. The predicted molar refractivity (Wildman–Crippen MR) is 82.6 cm³/mol. The molecule has 0 spiro atoms. The van der Waals surface area contributed by atoms with Gasteiger partial charge in [-0.2, -0.15) is 74.6 Å². The van der Waals surface area contributed by atoms with Crippen molar-refractivity contribution in [3.8, 4) is 0 Å². The van der Waals surface area contributed by atoms with Crippen molar-refractivity contribution in [2.75, 3.05) is 0 Å². The van der Waals surface area contributed by atoms with Gasteiger partial charge >= 0.3 is 47.6 Å². The third kappa shape index (κ3) is 4.11. The first-order chi connectivity index (χ1) is 13.7. The Bertz CT molecular complexity index is 650. The van der Waals surface area contributed by atoms with Gasteiger partial charge in [0.05, 0.1) is 0 Å². The van der Waals surface area contributed by atoms with Gasteiger partial charge in [0.25, 0.3) is 0 Å². The summed E-state index contributed by atoms with van der Waals surface area (Å²) in [5.41, 5.74) is 0. The van der Waals surface area contributed by atoms with Gasteiger partial charge in [-0.05, 0) is 12.8 Å². The fraction of sp³-hybridized carbons (Fsp3) is 1.00. The highest BCUT2D eigenvalue weighted by molar-refractivity contribution is 14.1. The van der Waals surface area contributed by atoms with E-state index in [1.807, 2.05) is 0 Å². The van der Waals surface area contributed by atoms with Crippen molar-refractivity contribution in [2.24, 2.45) is 5.92 Å². The van der Waals surface area contributed by atoms with E-state index in [-0.39, 0.29) is 0 Å². The Morgan fingerprint density at radius 2 is 0.750 bits per heavy atom. The van der Waals surface area contributed by atoms with Gasteiger partial charge in [0, 0.05) is 9.84 Å². The van der Waals surface area contributed by atoms with Gasteiger partial charge in [0.15, 0.2) is 0 Å². The molecule has 194 valence electrons.